The number of nitrogens with zero attached hydrogens (tertiary/aromatic N) is 2. The molecule has 1 unspecified atom stereocenters. The number of rotatable bonds is 6. The van der Waals surface area contributed by atoms with Crippen LogP contribution in [0.1, 0.15) is 50.6 Å². The highest BCUT2D eigenvalue weighted by Crippen LogP contribution is 2.29. The summed E-state index contributed by atoms with van der Waals surface area (Å²) in [6.07, 6.45) is 10.1. The van der Waals surface area contributed by atoms with E-state index in [-0.39, 0.29) is 5.25 Å². The topological polar surface area (TPSA) is 54.3 Å². The molecule has 1 aliphatic heterocycles. The van der Waals surface area contributed by atoms with E-state index >= 15 is 0 Å². The van der Waals surface area contributed by atoms with Gasteiger partial charge in [-0.05, 0) is 50.2 Å². The zero-order valence-electron chi connectivity index (χ0n) is 14.4. The van der Waals surface area contributed by atoms with Gasteiger partial charge >= 0.3 is 0 Å². The maximum absolute atomic E-state index is 12.0. The fourth-order valence-corrected chi connectivity index (χ4v) is 5.74. The van der Waals surface area contributed by atoms with Crippen LogP contribution in [-0.4, -0.2) is 42.3 Å². The first kappa shape index (κ1) is 16.6. The van der Waals surface area contributed by atoms with E-state index in [9.17, 15) is 8.42 Å². The Morgan fingerprint density at radius 2 is 1.92 bits per heavy atom. The third-order valence-corrected chi connectivity index (χ3v) is 7.85. The molecule has 24 heavy (non-hydrogen) atoms. The minimum Gasteiger partial charge on any atom is -0.350 e. The van der Waals surface area contributed by atoms with E-state index in [1.54, 1.807) is 0 Å². The maximum atomic E-state index is 12.0. The van der Waals surface area contributed by atoms with Gasteiger partial charge in [0.1, 0.15) is 0 Å². The average molecular weight is 352 g/mol. The monoisotopic (exact) mass is 351 g/mol. The van der Waals surface area contributed by atoms with Crippen LogP contribution in [0.25, 0.3) is 0 Å². The van der Waals surface area contributed by atoms with Gasteiger partial charge in [0, 0.05) is 44.1 Å². The molecule has 4 rings (SSSR count). The van der Waals surface area contributed by atoms with E-state index in [0.717, 1.165) is 44.9 Å². The standard InChI is InChI=1S/C18H29N3O2S/c22-24(23,18-7-8-18)19-10-9-15-12-20-11-3-6-17(20)14-21(13-15)16-4-1-2-5-16/h3,6,11,15-16,18-19H,1-2,4-5,7-10,12-14H2. The maximum Gasteiger partial charge on any atom is 0.214 e. The number of sulfonamides is 1. The summed E-state index contributed by atoms with van der Waals surface area (Å²) in [5.74, 6) is 0.515. The second-order valence-electron chi connectivity index (χ2n) is 7.81. The molecule has 1 aromatic rings. The van der Waals surface area contributed by atoms with Gasteiger partial charge < -0.3 is 4.57 Å². The summed E-state index contributed by atoms with van der Waals surface area (Å²) in [5.41, 5.74) is 1.41. The number of hydrogen-bond acceptors (Lipinski definition) is 3. The second-order valence-corrected chi connectivity index (χ2v) is 9.86. The predicted octanol–water partition coefficient (Wildman–Crippen LogP) is 2.33. The lowest BCUT2D eigenvalue weighted by Gasteiger charge is -2.29. The molecule has 0 saturated heterocycles. The average Bonchev–Trinajstić information content (AvgIpc) is 3.17. The van der Waals surface area contributed by atoms with Crippen molar-refractivity contribution in [2.45, 2.75) is 69.3 Å². The van der Waals surface area contributed by atoms with Crippen LogP contribution in [-0.2, 0) is 23.1 Å². The number of nitrogens with one attached hydrogen (secondary N) is 1. The molecule has 3 aliphatic rings. The third kappa shape index (κ3) is 3.70. The number of aromatic nitrogens is 1. The molecule has 2 fully saturated rings. The van der Waals surface area contributed by atoms with Crippen LogP contribution in [0.5, 0.6) is 0 Å². The highest BCUT2D eigenvalue weighted by molar-refractivity contribution is 7.90. The van der Waals surface area contributed by atoms with E-state index in [1.807, 2.05) is 0 Å². The van der Waals surface area contributed by atoms with Crippen molar-refractivity contribution < 1.29 is 8.42 Å². The van der Waals surface area contributed by atoms with Crippen LogP contribution < -0.4 is 4.72 Å². The molecule has 2 aliphatic carbocycles. The molecule has 2 heterocycles. The molecular weight excluding hydrogens is 322 g/mol. The van der Waals surface area contributed by atoms with Crippen molar-refractivity contribution in [2.24, 2.45) is 5.92 Å². The first-order chi connectivity index (χ1) is 11.6. The van der Waals surface area contributed by atoms with Gasteiger partial charge in [-0.1, -0.05) is 12.8 Å². The van der Waals surface area contributed by atoms with Gasteiger partial charge in [0.05, 0.1) is 5.25 Å². The first-order valence-corrected chi connectivity index (χ1v) is 11.0. The van der Waals surface area contributed by atoms with Crippen molar-refractivity contribution in [1.29, 1.82) is 0 Å². The van der Waals surface area contributed by atoms with Gasteiger partial charge in [-0.25, -0.2) is 13.1 Å². The largest absolute Gasteiger partial charge is 0.350 e. The summed E-state index contributed by atoms with van der Waals surface area (Å²) < 4.78 is 29.2. The Labute approximate surface area is 145 Å². The molecule has 6 heteroatoms. The van der Waals surface area contributed by atoms with E-state index in [1.165, 1.54) is 31.4 Å². The van der Waals surface area contributed by atoms with Crippen LogP contribution in [0.3, 0.4) is 0 Å². The summed E-state index contributed by atoms with van der Waals surface area (Å²) in [4.78, 5) is 2.66. The van der Waals surface area contributed by atoms with Crippen molar-refractivity contribution in [3.8, 4) is 0 Å². The van der Waals surface area contributed by atoms with Gasteiger partial charge in [-0.15, -0.1) is 0 Å². The molecule has 0 bridgehead atoms. The highest BCUT2D eigenvalue weighted by atomic mass is 32.2. The molecule has 0 amide bonds. The van der Waals surface area contributed by atoms with Gasteiger partial charge in [0.25, 0.3) is 0 Å². The molecule has 5 nitrogen and oxygen atoms in total. The number of hydrogen-bond donors (Lipinski definition) is 1. The molecule has 1 atom stereocenters. The molecule has 0 radical (unpaired) electrons. The Morgan fingerprint density at radius 1 is 1.12 bits per heavy atom. The third-order valence-electron chi connectivity index (χ3n) is 5.90. The van der Waals surface area contributed by atoms with Gasteiger partial charge in [-0.2, -0.15) is 0 Å². The van der Waals surface area contributed by atoms with Gasteiger partial charge in [-0.3, -0.25) is 4.90 Å². The van der Waals surface area contributed by atoms with Crippen LogP contribution in [0.15, 0.2) is 18.3 Å². The molecule has 2 saturated carbocycles. The lowest BCUT2D eigenvalue weighted by Crippen LogP contribution is -2.37. The zero-order chi connectivity index (χ0) is 16.6. The van der Waals surface area contributed by atoms with Crippen LogP contribution in [0.2, 0.25) is 0 Å². The molecule has 134 valence electrons. The number of fused-ring (bicyclic) bond motifs is 1. The summed E-state index contributed by atoms with van der Waals surface area (Å²) in [7, 11) is -3.05. The SMILES string of the molecule is O=S(=O)(NCCC1CN(C2CCCC2)Cc2cccn2C1)C1CC1. The van der Waals surface area contributed by atoms with Crippen LogP contribution in [0.4, 0.5) is 0 Å². The van der Waals surface area contributed by atoms with E-state index in [0.29, 0.717) is 12.5 Å². The van der Waals surface area contributed by atoms with E-state index in [2.05, 4.69) is 32.5 Å². The Morgan fingerprint density at radius 3 is 2.67 bits per heavy atom. The van der Waals surface area contributed by atoms with Crippen molar-refractivity contribution in [2.75, 3.05) is 13.1 Å². The normalized spacial score (nSPS) is 26.4. The van der Waals surface area contributed by atoms with Crippen LogP contribution >= 0.6 is 0 Å². The first-order valence-electron chi connectivity index (χ1n) is 9.48. The highest BCUT2D eigenvalue weighted by Gasteiger charge is 2.35. The summed E-state index contributed by atoms with van der Waals surface area (Å²) in [5, 5.41) is -0.113. The lowest BCUT2D eigenvalue weighted by atomic mass is 10.0. The van der Waals surface area contributed by atoms with E-state index in [4.69, 9.17) is 0 Å². The van der Waals surface area contributed by atoms with Crippen molar-refractivity contribution in [3.63, 3.8) is 0 Å². The minimum atomic E-state index is -3.05. The zero-order valence-corrected chi connectivity index (χ0v) is 15.2. The summed E-state index contributed by atoms with van der Waals surface area (Å²) in [6, 6.07) is 5.10. The van der Waals surface area contributed by atoms with Crippen molar-refractivity contribution >= 4 is 10.0 Å². The Hall–Kier alpha value is -0.850. The smallest absolute Gasteiger partial charge is 0.214 e. The molecular formula is C18H29N3O2S. The van der Waals surface area contributed by atoms with Gasteiger partial charge in [0.2, 0.25) is 10.0 Å². The second kappa shape index (κ2) is 6.81. The Balaban J connectivity index is 1.39. The summed E-state index contributed by atoms with van der Waals surface area (Å²) >= 11 is 0. The van der Waals surface area contributed by atoms with Crippen molar-refractivity contribution in [3.05, 3.63) is 24.0 Å². The molecule has 0 aromatic carbocycles. The summed E-state index contributed by atoms with van der Waals surface area (Å²) in [6.45, 7) is 3.73. The Kier molecular flexibility index (Phi) is 4.71. The van der Waals surface area contributed by atoms with E-state index < -0.39 is 10.0 Å². The quantitative estimate of drug-likeness (QED) is 0.856. The molecule has 1 N–H and O–H groups in total. The lowest BCUT2D eigenvalue weighted by molar-refractivity contribution is 0.162. The fourth-order valence-electron chi connectivity index (χ4n) is 4.34. The van der Waals surface area contributed by atoms with Crippen molar-refractivity contribution in [1.82, 2.24) is 14.2 Å². The molecule has 1 aromatic heterocycles. The van der Waals surface area contributed by atoms with Gasteiger partial charge in [0.15, 0.2) is 0 Å². The fraction of sp³-hybridized carbons (Fsp3) is 0.778. The Bertz CT molecular complexity index is 660. The minimum absolute atomic E-state index is 0.113. The molecule has 0 spiro atoms. The van der Waals surface area contributed by atoms with Crippen LogP contribution in [0, 0.1) is 5.92 Å². The predicted molar refractivity (Wildman–Crippen MR) is 95.1 cm³/mol.